The van der Waals surface area contributed by atoms with E-state index in [0.717, 1.165) is 23.4 Å². The number of nitrogens with one attached hydrogen (secondary N) is 1. The highest BCUT2D eigenvalue weighted by Crippen LogP contribution is 2.23. The summed E-state index contributed by atoms with van der Waals surface area (Å²) >= 11 is 6.04. The number of hydrogen-bond donors (Lipinski definition) is 1. The molecule has 1 amide bonds. The zero-order valence-corrected chi connectivity index (χ0v) is 15.1. The Kier molecular flexibility index (Phi) is 6.64. The number of benzene rings is 2. The Morgan fingerprint density at radius 2 is 1.92 bits per heavy atom. The largest absolute Gasteiger partial charge is 0.496 e. The molecule has 0 spiro atoms. The summed E-state index contributed by atoms with van der Waals surface area (Å²) in [6.45, 7) is 2.96. The highest BCUT2D eigenvalue weighted by atomic mass is 35.5. The first-order valence-corrected chi connectivity index (χ1v) is 8.29. The number of methoxy groups -OCH3 is 1. The standard InChI is InChI=1S/C19H23ClN2O2/c1-4-14-5-8-17(9-6-14)21-19(23)13-22(2)12-15-11-16(20)7-10-18(15)24-3/h5-11H,4,12-13H2,1-3H3,(H,21,23). The van der Waals surface area contributed by atoms with Gasteiger partial charge in [-0.3, -0.25) is 9.69 Å². The molecule has 0 aliphatic carbocycles. The minimum atomic E-state index is -0.0530. The lowest BCUT2D eigenvalue weighted by atomic mass is 10.1. The van der Waals surface area contributed by atoms with Gasteiger partial charge in [-0.15, -0.1) is 0 Å². The van der Waals surface area contributed by atoms with Crippen molar-refractivity contribution in [1.82, 2.24) is 4.90 Å². The van der Waals surface area contributed by atoms with Gasteiger partial charge in [0.25, 0.3) is 0 Å². The van der Waals surface area contributed by atoms with Gasteiger partial charge in [0, 0.05) is 22.8 Å². The van der Waals surface area contributed by atoms with Gasteiger partial charge in [0.1, 0.15) is 5.75 Å². The van der Waals surface area contributed by atoms with Crippen molar-refractivity contribution >= 4 is 23.2 Å². The van der Waals surface area contributed by atoms with Crippen LogP contribution in [0.1, 0.15) is 18.1 Å². The second kappa shape index (κ2) is 8.71. The maximum Gasteiger partial charge on any atom is 0.238 e. The maximum absolute atomic E-state index is 12.2. The summed E-state index contributed by atoms with van der Waals surface area (Å²) in [6.07, 6.45) is 0.985. The molecular weight excluding hydrogens is 324 g/mol. The van der Waals surface area contributed by atoms with Crippen molar-refractivity contribution in [3.05, 3.63) is 58.6 Å². The molecule has 2 aromatic carbocycles. The number of nitrogens with zero attached hydrogens (tertiary/aromatic N) is 1. The van der Waals surface area contributed by atoms with Crippen LogP contribution in [0.15, 0.2) is 42.5 Å². The van der Waals surface area contributed by atoms with Crippen molar-refractivity contribution in [2.75, 3.05) is 26.0 Å². The third kappa shape index (κ3) is 5.25. The van der Waals surface area contributed by atoms with Crippen molar-refractivity contribution in [3.8, 4) is 5.75 Å². The number of carbonyl (C=O) groups excluding carboxylic acids is 1. The molecule has 1 N–H and O–H groups in total. The number of carbonyl (C=O) groups is 1. The third-order valence-electron chi connectivity index (χ3n) is 3.74. The van der Waals surface area contributed by atoms with Crippen LogP contribution in [0, 0.1) is 0 Å². The molecule has 0 aromatic heterocycles. The van der Waals surface area contributed by atoms with Crippen molar-refractivity contribution in [3.63, 3.8) is 0 Å². The van der Waals surface area contributed by atoms with E-state index in [1.54, 1.807) is 13.2 Å². The highest BCUT2D eigenvalue weighted by Gasteiger charge is 2.11. The number of halogens is 1. The molecule has 0 radical (unpaired) electrons. The summed E-state index contributed by atoms with van der Waals surface area (Å²) in [5, 5.41) is 3.56. The van der Waals surface area contributed by atoms with Gasteiger partial charge in [-0.05, 0) is 49.4 Å². The van der Waals surface area contributed by atoms with Gasteiger partial charge in [-0.2, -0.15) is 0 Å². The molecule has 0 aliphatic heterocycles. The van der Waals surface area contributed by atoms with Crippen LogP contribution in [0.2, 0.25) is 5.02 Å². The molecule has 4 nitrogen and oxygen atoms in total. The van der Waals surface area contributed by atoms with Crippen LogP contribution >= 0.6 is 11.6 Å². The first kappa shape index (κ1) is 18.3. The quantitative estimate of drug-likeness (QED) is 0.824. The van der Waals surface area contributed by atoms with Gasteiger partial charge < -0.3 is 10.1 Å². The monoisotopic (exact) mass is 346 g/mol. The van der Waals surface area contributed by atoms with Crippen LogP contribution in [0.3, 0.4) is 0 Å². The second-order valence-corrected chi connectivity index (χ2v) is 6.16. The van der Waals surface area contributed by atoms with Crippen LogP contribution in [0.4, 0.5) is 5.69 Å². The summed E-state index contributed by atoms with van der Waals surface area (Å²) in [5.41, 5.74) is 3.01. The fraction of sp³-hybridized carbons (Fsp3) is 0.316. The van der Waals surface area contributed by atoms with Gasteiger partial charge in [0.15, 0.2) is 0 Å². The molecule has 0 saturated heterocycles. The second-order valence-electron chi connectivity index (χ2n) is 5.73. The number of hydrogen-bond acceptors (Lipinski definition) is 3. The Balaban J connectivity index is 1.92. The number of ether oxygens (including phenoxy) is 1. The predicted octanol–water partition coefficient (Wildman–Crippen LogP) is 3.98. The lowest BCUT2D eigenvalue weighted by Gasteiger charge is -2.18. The van der Waals surface area contributed by atoms with E-state index in [2.05, 4.69) is 12.2 Å². The molecule has 2 aromatic rings. The molecule has 2 rings (SSSR count). The molecule has 0 aliphatic rings. The predicted molar refractivity (Wildman–Crippen MR) is 98.8 cm³/mol. The Bertz CT molecular complexity index is 686. The van der Waals surface area contributed by atoms with E-state index in [1.165, 1.54) is 5.56 Å². The van der Waals surface area contributed by atoms with Crippen molar-refractivity contribution < 1.29 is 9.53 Å². The van der Waals surface area contributed by atoms with Crippen molar-refractivity contribution in [1.29, 1.82) is 0 Å². The van der Waals surface area contributed by atoms with Gasteiger partial charge in [-0.25, -0.2) is 0 Å². The fourth-order valence-electron chi connectivity index (χ4n) is 2.49. The van der Waals surface area contributed by atoms with E-state index in [1.807, 2.05) is 48.3 Å². The lowest BCUT2D eigenvalue weighted by molar-refractivity contribution is -0.117. The number of amides is 1. The van der Waals surface area contributed by atoms with E-state index in [0.29, 0.717) is 11.6 Å². The molecular formula is C19H23ClN2O2. The van der Waals surface area contributed by atoms with Crippen LogP contribution in [0.25, 0.3) is 0 Å². The van der Waals surface area contributed by atoms with Gasteiger partial charge >= 0.3 is 0 Å². The molecule has 0 heterocycles. The van der Waals surface area contributed by atoms with E-state index in [4.69, 9.17) is 16.3 Å². The van der Waals surface area contributed by atoms with E-state index < -0.39 is 0 Å². The van der Waals surface area contributed by atoms with Crippen LogP contribution in [-0.4, -0.2) is 31.5 Å². The number of rotatable bonds is 7. The first-order valence-electron chi connectivity index (χ1n) is 7.91. The Labute approximate surface area is 148 Å². The molecule has 0 fully saturated rings. The molecule has 24 heavy (non-hydrogen) atoms. The molecule has 0 saturated carbocycles. The summed E-state index contributed by atoms with van der Waals surface area (Å²) < 4.78 is 5.34. The SMILES string of the molecule is CCc1ccc(NC(=O)CN(C)Cc2cc(Cl)ccc2OC)cc1. The van der Waals surface area contributed by atoms with Crippen molar-refractivity contribution in [2.45, 2.75) is 19.9 Å². The van der Waals surface area contributed by atoms with E-state index in [9.17, 15) is 4.79 Å². The zero-order valence-electron chi connectivity index (χ0n) is 14.3. The number of anilines is 1. The van der Waals surface area contributed by atoms with Gasteiger partial charge in [0.05, 0.1) is 13.7 Å². The van der Waals surface area contributed by atoms with Gasteiger partial charge in [-0.1, -0.05) is 30.7 Å². The summed E-state index contributed by atoms with van der Waals surface area (Å²) in [6, 6.07) is 13.4. The Morgan fingerprint density at radius 3 is 2.54 bits per heavy atom. The third-order valence-corrected chi connectivity index (χ3v) is 3.98. The lowest BCUT2D eigenvalue weighted by Crippen LogP contribution is -2.30. The van der Waals surface area contributed by atoms with Crippen molar-refractivity contribution in [2.24, 2.45) is 0 Å². The topological polar surface area (TPSA) is 41.6 Å². The normalized spacial score (nSPS) is 10.7. The molecule has 0 unspecified atom stereocenters. The molecule has 128 valence electrons. The minimum Gasteiger partial charge on any atom is -0.496 e. The summed E-state index contributed by atoms with van der Waals surface area (Å²) in [4.78, 5) is 14.1. The van der Waals surface area contributed by atoms with Gasteiger partial charge in [0.2, 0.25) is 5.91 Å². The average molecular weight is 347 g/mol. The number of aryl methyl sites for hydroxylation is 1. The summed E-state index contributed by atoms with van der Waals surface area (Å²) in [5.74, 6) is 0.713. The van der Waals surface area contributed by atoms with Crippen LogP contribution in [0.5, 0.6) is 5.75 Å². The smallest absolute Gasteiger partial charge is 0.238 e. The minimum absolute atomic E-state index is 0.0530. The molecule has 0 atom stereocenters. The van der Waals surface area contributed by atoms with E-state index >= 15 is 0 Å². The Hall–Kier alpha value is -2.04. The first-order chi connectivity index (χ1) is 11.5. The van der Waals surface area contributed by atoms with Crippen LogP contribution in [-0.2, 0) is 17.8 Å². The highest BCUT2D eigenvalue weighted by molar-refractivity contribution is 6.30. The molecule has 0 bridgehead atoms. The fourth-order valence-corrected chi connectivity index (χ4v) is 2.68. The number of likely N-dealkylation sites (N-methyl/N-ethyl adjacent to an activating group) is 1. The zero-order chi connectivity index (χ0) is 17.5. The maximum atomic E-state index is 12.2. The van der Waals surface area contributed by atoms with Crippen LogP contribution < -0.4 is 10.1 Å². The summed E-state index contributed by atoms with van der Waals surface area (Å²) in [7, 11) is 3.51. The average Bonchev–Trinajstić information content (AvgIpc) is 2.55. The van der Waals surface area contributed by atoms with E-state index in [-0.39, 0.29) is 12.5 Å². The Morgan fingerprint density at radius 1 is 1.21 bits per heavy atom. The molecule has 5 heteroatoms.